The Labute approximate surface area is 112 Å². The molecule has 5 nitrogen and oxygen atoms in total. The Balaban J connectivity index is 1.87. The zero-order valence-corrected chi connectivity index (χ0v) is 11.0. The maximum atomic E-state index is 8.88. The van der Waals surface area contributed by atoms with Crippen LogP contribution in [0.5, 0.6) is 0 Å². The molecule has 1 aromatic heterocycles. The number of hydrogen-bond donors (Lipinski definition) is 1. The lowest BCUT2D eigenvalue weighted by atomic mass is 10.2. The highest BCUT2D eigenvalue weighted by atomic mass is 15.3. The Kier molecular flexibility index (Phi) is 4.04. The number of rotatable bonds is 5. The van der Waals surface area contributed by atoms with Gasteiger partial charge in [0.05, 0.1) is 11.6 Å². The van der Waals surface area contributed by atoms with Crippen LogP contribution < -0.4 is 10.6 Å². The summed E-state index contributed by atoms with van der Waals surface area (Å²) in [4.78, 5) is 2.13. The van der Waals surface area contributed by atoms with Crippen molar-refractivity contribution in [2.45, 2.75) is 13.0 Å². The predicted octanol–water partition coefficient (Wildman–Crippen LogP) is 1.86. The van der Waals surface area contributed by atoms with Crippen LogP contribution in [0.25, 0.3) is 0 Å². The largest absolute Gasteiger partial charge is 0.382 e. The first-order valence-electron chi connectivity index (χ1n) is 6.19. The molecule has 98 valence electrons. The second kappa shape index (κ2) is 5.91. The van der Waals surface area contributed by atoms with Crippen LogP contribution in [0.3, 0.4) is 0 Å². The normalized spacial score (nSPS) is 10.1. The van der Waals surface area contributed by atoms with Gasteiger partial charge in [0.15, 0.2) is 0 Å². The molecule has 0 unspecified atom stereocenters. The van der Waals surface area contributed by atoms with Gasteiger partial charge in [-0.3, -0.25) is 4.68 Å². The van der Waals surface area contributed by atoms with Gasteiger partial charge < -0.3 is 10.6 Å². The van der Waals surface area contributed by atoms with Gasteiger partial charge in [-0.15, -0.1) is 0 Å². The van der Waals surface area contributed by atoms with E-state index < -0.39 is 0 Å². The summed E-state index contributed by atoms with van der Waals surface area (Å²) in [7, 11) is 2.02. The van der Waals surface area contributed by atoms with Gasteiger partial charge in [-0.25, -0.2) is 0 Å². The summed E-state index contributed by atoms with van der Waals surface area (Å²) in [5.74, 6) is 0.551. The first-order chi connectivity index (χ1) is 9.19. The summed E-state index contributed by atoms with van der Waals surface area (Å²) in [6, 6.07) is 11.6. The van der Waals surface area contributed by atoms with Crippen molar-refractivity contribution in [1.82, 2.24) is 9.78 Å². The molecule has 0 spiro atoms. The van der Waals surface area contributed by atoms with Gasteiger partial charge in [0, 0.05) is 32.0 Å². The van der Waals surface area contributed by atoms with Gasteiger partial charge in [0.25, 0.3) is 0 Å². The lowest BCUT2D eigenvalue weighted by Gasteiger charge is -2.19. The van der Waals surface area contributed by atoms with Crippen LogP contribution in [0.4, 0.5) is 11.5 Å². The molecule has 0 bridgehead atoms. The van der Waals surface area contributed by atoms with E-state index >= 15 is 0 Å². The fraction of sp³-hybridized carbons (Fsp3) is 0.286. The molecule has 5 heteroatoms. The molecule has 0 radical (unpaired) electrons. The van der Waals surface area contributed by atoms with E-state index in [1.165, 1.54) is 0 Å². The van der Waals surface area contributed by atoms with Crippen LogP contribution in [0.2, 0.25) is 0 Å². The molecule has 1 aromatic carbocycles. The molecule has 2 aromatic rings. The Hall–Kier alpha value is -2.48. The van der Waals surface area contributed by atoms with Gasteiger partial charge in [-0.2, -0.15) is 10.4 Å². The third-order valence-electron chi connectivity index (χ3n) is 2.96. The van der Waals surface area contributed by atoms with E-state index in [4.69, 9.17) is 11.0 Å². The van der Waals surface area contributed by atoms with Crippen molar-refractivity contribution in [2.75, 3.05) is 24.2 Å². The van der Waals surface area contributed by atoms with Crippen LogP contribution in [-0.2, 0) is 6.54 Å². The van der Waals surface area contributed by atoms with Crippen LogP contribution in [0.1, 0.15) is 12.0 Å². The Morgan fingerprint density at radius 2 is 2.26 bits per heavy atom. The number of nitrogen functional groups attached to an aromatic ring is 1. The number of benzene rings is 1. The van der Waals surface area contributed by atoms with E-state index in [1.807, 2.05) is 42.2 Å². The smallest absolute Gasteiger partial charge is 0.145 e. The van der Waals surface area contributed by atoms with E-state index in [9.17, 15) is 0 Å². The minimum Gasteiger partial charge on any atom is -0.382 e. The highest BCUT2D eigenvalue weighted by Crippen LogP contribution is 2.14. The molecule has 0 aliphatic rings. The van der Waals surface area contributed by atoms with Crippen molar-refractivity contribution in [2.24, 2.45) is 0 Å². The van der Waals surface area contributed by atoms with E-state index in [1.54, 1.807) is 6.07 Å². The molecule has 0 aliphatic heterocycles. The molecule has 1 heterocycles. The highest BCUT2D eigenvalue weighted by Gasteiger charge is 2.02. The number of anilines is 2. The standard InChI is InChI=1S/C14H17N5/c1-18(13-5-2-4-12(10-13)11-15)7-3-8-19-9-6-14(16)17-19/h2,4-6,9-10H,3,7-8H2,1H3,(H2,16,17). The van der Waals surface area contributed by atoms with Gasteiger partial charge in [0.1, 0.15) is 5.82 Å². The highest BCUT2D eigenvalue weighted by molar-refractivity contribution is 5.50. The van der Waals surface area contributed by atoms with Gasteiger partial charge in [-0.1, -0.05) is 6.07 Å². The van der Waals surface area contributed by atoms with Gasteiger partial charge in [0.2, 0.25) is 0 Å². The topological polar surface area (TPSA) is 70.9 Å². The van der Waals surface area contributed by atoms with Crippen molar-refractivity contribution >= 4 is 11.5 Å². The van der Waals surface area contributed by atoms with Crippen molar-refractivity contribution < 1.29 is 0 Å². The van der Waals surface area contributed by atoms with Crippen LogP contribution in [0.15, 0.2) is 36.5 Å². The molecular weight excluding hydrogens is 238 g/mol. The van der Waals surface area contributed by atoms with Crippen molar-refractivity contribution in [3.05, 3.63) is 42.1 Å². The summed E-state index contributed by atoms with van der Waals surface area (Å²) in [5, 5.41) is 13.0. The average Bonchev–Trinajstić information content (AvgIpc) is 2.84. The molecular formula is C14H17N5. The van der Waals surface area contributed by atoms with E-state index in [-0.39, 0.29) is 0 Å². The summed E-state index contributed by atoms with van der Waals surface area (Å²) >= 11 is 0. The van der Waals surface area contributed by atoms with Gasteiger partial charge >= 0.3 is 0 Å². The minimum absolute atomic E-state index is 0.551. The maximum Gasteiger partial charge on any atom is 0.145 e. The van der Waals surface area contributed by atoms with Crippen molar-refractivity contribution in [3.8, 4) is 6.07 Å². The van der Waals surface area contributed by atoms with E-state index in [2.05, 4.69) is 16.1 Å². The lowest BCUT2D eigenvalue weighted by Crippen LogP contribution is -2.20. The number of aromatic nitrogens is 2. The predicted molar refractivity (Wildman–Crippen MR) is 75.7 cm³/mol. The van der Waals surface area contributed by atoms with Crippen LogP contribution >= 0.6 is 0 Å². The first kappa shape index (κ1) is 13.0. The zero-order chi connectivity index (χ0) is 13.7. The Bertz CT molecular complexity index is 582. The number of aryl methyl sites for hydroxylation is 1. The second-order valence-electron chi connectivity index (χ2n) is 4.44. The molecule has 0 aliphatic carbocycles. The van der Waals surface area contributed by atoms with Crippen molar-refractivity contribution in [1.29, 1.82) is 5.26 Å². The molecule has 2 N–H and O–H groups in total. The monoisotopic (exact) mass is 255 g/mol. The summed E-state index contributed by atoms with van der Waals surface area (Å²) in [6.45, 7) is 1.73. The Morgan fingerprint density at radius 1 is 1.42 bits per heavy atom. The number of nitrogens with two attached hydrogens (primary N) is 1. The molecule has 2 rings (SSSR count). The zero-order valence-electron chi connectivity index (χ0n) is 11.0. The first-order valence-corrected chi connectivity index (χ1v) is 6.19. The molecule has 0 saturated heterocycles. The second-order valence-corrected chi connectivity index (χ2v) is 4.44. The van der Waals surface area contributed by atoms with Gasteiger partial charge in [-0.05, 0) is 30.7 Å². The molecule has 0 saturated carbocycles. The Morgan fingerprint density at radius 3 is 2.95 bits per heavy atom. The summed E-state index contributed by atoms with van der Waals surface area (Å²) in [6.07, 6.45) is 2.85. The van der Waals surface area contributed by atoms with Crippen LogP contribution in [-0.4, -0.2) is 23.4 Å². The SMILES string of the molecule is CN(CCCn1ccc(N)n1)c1cccc(C#N)c1. The number of nitrogens with zero attached hydrogens (tertiary/aromatic N) is 4. The third-order valence-corrected chi connectivity index (χ3v) is 2.96. The van der Waals surface area contributed by atoms with Crippen LogP contribution in [0, 0.1) is 11.3 Å². The molecule has 0 atom stereocenters. The molecule has 0 amide bonds. The fourth-order valence-corrected chi connectivity index (χ4v) is 1.91. The van der Waals surface area contributed by atoms with E-state index in [0.717, 1.165) is 25.2 Å². The average molecular weight is 255 g/mol. The quantitative estimate of drug-likeness (QED) is 0.885. The molecule has 19 heavy (non-hydrogen) atoms. The summed E-state index contributed by atoms with van der Waals surface area (Å²) in [5.41, 5.74) is 7.30. The number of nitriles is 1. The fourth-order valence-electron chi connectivity index (χ4n) is 1.91. The maximum absolute atomic E-state index is 8.88. The molecule has 0 fully saturated rings. The number of hydrogen-bond acceptors (Lipinski definition) is 4. The lowest BCUT2D eigenvalue weighted by molar-refractivity contribution is 0.580. The third kappa shape index (κ3) is 3.49. The van der Waals surface area contributed by atoms with E-state index in [0.29, 0.717) is 11.4 Å². The summed E-state index contributed by atoms with van der Waals surface area (Å²) < 4.78 is 1.84. The minimum atomic E-state index is 0.551. The van der Waals surface area contributed by atoms with Crippen molar-refractivity contribution in [3.63, 3.8) is 0 Å².